The van der Waals surface area contributed by atoms with Crippen molar-refractivity contribution in [2.24, 2.45) is 5.92 Å². The highest BCUT2D eigenvalue weighted by Crippen LogP contribution is 2.21. The van der Waals surface area contributed by atoms with Gasteiger partial charge in [0.25, 0.3) is 5.91 Å². The lowest BCUT2D eigenvalue weighted by Gasteiger charge is -2.24. The third-order valence-corrected chi connectivity index (χ3v) is 3.47. The molecule has 0 spiro atoms. The predicted molar refractivity (Wildman–Crippen MR) is 86.5 cm³/mol. The van der Waals surface area contributed by atoms with Crippen LogP contribution in [0.4, 0.5) is 0 Å². The number of hydrogen-bond acceptors (Lipinski definition) is 3. The van der Waals surface area contributed by atoms with Crippen molar-refractivity contribution in [3.05, 3.63) is 33.3 Å². The fourth-order valence-corrected chi connectivity index (χ4v) is 2.76. The van der Waals surface area contributed by atoms with E-state index in [1.807, 2.05) is 13.8 Å². The van der Waals surface area contributed by atoms with Gasteiger partial charge in [-0.15, -0.1) is 0 Å². The van der Waals surface area contributed by atoms with Crippen LogP contribution in [0.1, 0.15) is 30.6 Å². The van der Waals surface area contributed by atoms with Gasteiger partial charge < -0.3 is 9.64 Å². The minimum absolute atomic E-state index is 0.143. The maximum Gasteiger partial charge on any atom is 0.307 e. The van der Waals surface area contributed by atoms with Crippen molar-refractivity contribution in [1.82, 2.24) is 4.90 Å². The SMILES string of the molecule is COC(=O)CCN(CC(C)C)C(=O)c1cc(Cl)cc(Br)c1. The van der Waals surface area contributed by atoms with Gasteiger partial charge in [-0.2, -0.15) is 0 Å². The van der Waals surface area contributed by atoms with Crippen LogP contribution in [0.15, 0.2) is 22.7 Å². The second-order valence-corrected chi connectivity index (χ2v) is 6.48. The average Bonchev–Trinajstić information content (AvgIpc) is 2.40. The summed E-state index contributed by atoms with van der Waals surface area (Å²) in [6.07, 6.45) is 0.177. The van der Waals surface area contributed by atoms with E-state index in [0.29, 0.717) is 29.6 Å². The second kappa shape index (κ2) is 8.39. The van der Waals surface area contributed by atoms with E-state index in [2.05, 4.69) is 20.7 Å². The van der Waals surface area contributed by atoms with Crippen molar-refractivity contribution >= 4 is 39.4 Å². The average molecular weight is 377 g/mol. The molecule has 1 rings (SSSR count). The lowest BCUT2D eigenvalue weighted by Crippen LogP contribution is -2.36. The summed E-state index contributed by atoms with van der Waals surface area (Å²) in [5, 5.41) is 0.491. The number of ether oxygens (including phenoxy) is 1. The quantitative estimate of drug-likeness (QED) is 0.710. The fourth-order valence-electron chi connectivity index (χ4n) is 1.90. The molecule has 0 unspecified atom stereocenters. The van der Waals surface area contributed by atoms with Crippen molar-refractivity contribution in [2.45, 2.75) is 20.3 Å². The van der Waals surface area contributed by atoms with E-state index in [1.54, 1.807) is 23.1 Å². The van der Waals surface area contributed by atoms with E-state index in [9.17, 15) is 9.59 Å². The summed E-state index contributed by atoms with van der Waals surface area (Å²) < 4.78 is 5.37. The van der Waals surface area contributed by atoms with Crippen LogP contribution < -0.4 is 0 Å². The van der Waals surface area contributed by atoms with E-state index < -0.39 is 0 Å². The van der Waals surface area contributed by atoms with Crippen molar-refractivity contribution in [3.63, 3.8) is 0 Å². The summed E-state index contributed by atoms with van der Waals surface area (Å²) in [7, 11) is 1.34. The number of nitrogens with zero attached hydrogens (tertiary/aromatic N) is 1. The van der Waals surface area contributed by atoms with Crippen LogP contribution in [0.25, 0.3) is 0 Å². The predicted octanol–water partition coefficient (Wildman–Crippen LogP) is 3.76. The van der Waals surface area contributed by atoms with Gasteiger partial charge in [-0.3, -0.25) is 9.59 Å². The summed E-state index contributed by atoms with van der Waals surface area (Å²) in [4.78, 5) is 25.5. The zero-order chi connectivity index (χ0) is 16.0. The topological polar surface area (TPSA) is 46.6 Å². The molecule has 0 radical (unpaired) electrons. The van der Waals surface area contributed by atoms with Crippen LogP contribution in [-0.2, 0) is 9.53 Å². The lowest BCUT2D eigenvalue weighted by molar-refractivity contribution is -0.140. The van der Waals surface area contributed by atoms with Crippen LogP contribution >= 0.6 is 27.5 Å². The molecule has 1 aromatic rings. The number of rotatable bonds is 6. The van der Waals surface area contributed by atoms with E-state index in [1.165, 1.54) is 7.11 Å². The minimum atomic E-state index is -0.330. The van der Waals surface area contributed by atoms with Crippen LogP contribution in [0.5, 0.6) is 0 Å². The molecule has 0 aliphatic carbocycles. The Hall–Kier alpha value is -1.07. The molecule has 0 aliphatic heterocycles. The highest BCUT2D eigenvalue weighted by molar-refractivity contribution is 9.10. The third-order valence-electron chi connectivity index (χ3n) is 2.80. The molecule has 0 saturated heterocycles. The molecule has 0 aliphatic rings. The van der Waals surface area contributed by atoms with Crippen molar-refractivity contribution in [3.8, 4) is 0 Å². The molecule has 1 aromatic carbocycles. The van der Waals surface area contributed by atoms with Gasteiger partial charge in [0, 0.05) is 28.1 Å². The standard InChI is InChI=1S/C15H19BrClNO3/c1-10(2)9-18(5-4-14(19)21-3)15(20)11-6-12(16)8-13(17)7-11/h6-8,10H,4-5,9H2,1-3H3. The first-order chi connectivity index (χ1) is 9.83. The Morgan fingerprint density at radius 2 is 2.00 bits per heavy atom. The molecule has 0 fully saturated rings. The summed E-state index contributed by atoms with van der Waals surface area (Å²) >= 11 is 9.31. The maximum absolute atomic E-state index is 12.6. The number of carbonyl (C=O) groups excluding carboxylic acids is 2. The van der Waals surface area contributed by atoms with Gasteiger partial charge in [0.05, 0.1) is 13.5 Å². The number of halogens is 2. The molecule has 0 bridgehead atoms. The summed E-state index contributed by atoms with van der Waals surface area (Å²) in [5.41, 5.74) is 0.500. The Balaban J connectivity index is 2.90. The van der Waals surface area contributed by atoms with Gasteiger partial charge in [0.2, 0.25) is 0 Å². The minimum Gasteiger partial charge on any atom is -0.469 e. The molecule has 6 heteroatoms. The van der Waals surface area contributed by atoms with Gasteiger partial charge in [-0.1, -0.05) is 41.4 Å². The molecule has 4 nitrogen and oxygen atoms in total. The van der Waals surface area contributed by atoms with Crippen molar-refractivity contribution in [2.75, 3.05) is 20.2 Å². The largest absolute Gasteiger partial charge is 0.469 e. The van der Waals surface area contributed by atoms with Crippen LogP contribution in [0, 0.1) is 5.92 Å². The second-order valence-electron chi connectivity index (χ2n) is 5.13. The number of hydrogen-bond donors (Lipinski definition) is 0. The summed E-state index contributed by atoms with van der Waals surface area (Å²) in [6.45, 7) is 4.94. The zero-order valence-corrected chi connectivity index (χ0v) is 14.7. The molecule has 1 amide bonds. The molecule has 0 N–H and O–H groups in total. The zero-order valence-electron chi connectivity index (χ0n) is 12.4. The van der Waals surface area contributed by atoms with Gasteiger partial charge in [0.1, 0.15) is 0 Å². The molecule has 0 saturated carbocycles. The number of esters is 1. The molecular formula is C15H19BrClNO3. The lowest BCUT2D eigenvalue weighted by atomic mass is 10.1. The van der Waals surface area contributed by atoms with E-state index in [4.69, 9.17) is 11.6 Å². The Kier molecular flexibility index (Phi) is 7.18. The molecule has 0 aromatic heterocycles. The van der Waals surface area contributed by atoms with E-state index in [-0.39, 0.29) is 18.3 Å². The van der Waals surface area contributed by atoms with Gasteiger partial charge >= 0.3 is 5.97 Å². The number of carbonyl (C=O) groups is 2. The molecule has 116 valence electrons. The third kappa shape index (κ3) is 6.06. The summed E-state index contributed by atoms with van der Waals surface area (Å²) in [6, 6.07) is 5.07. The van der Waals surface area contributed by atoms with E-state index >= 15 is 0 Å². The highest BCUT2D eigenvalue weighted by atomic mass is 79.9. The normalized spacial score (nSPS) is 10.6. The van der Waals surface area contributed by atoms with Crippen molar-refractivity contribution in [1.29, 1.82) is 0 Å². The number of amides is 1. The molecule has 21 heavy (non-hydrogen) atoms. The maximum atomic E-state index is 12.6. The first kappa shape index (κ1) is 18.0. The Morgan fingerprint density at radius 1 is 1.33 bits per heavy atom. The van der Waals surface area contributed by atoms with Gasteiger partial charge in [-0.25, -0.2) is 0 Å². The first-order valence-electron chi connectivity index (χ1n) is 6.65. The van der Waals surface area contributed by atoms with E-state index in [0.717, 1.165) is 4.47 Å². The Morgan fingerprint density at radius 3 is 2.52 bits per heavy atom. The summed E-state index contributed by atoms with van der Waals surface area (Å²) in [5.74, 6) is -0.172. The Labute approximate surface area is 138 Å². The monoisotopic (exact) mass is 375 g/mol. The van der Waals surface area contributed by atoms with Gasteiger partial charge in [0.15, 0.2) is 0 Å². The van der Waals surface area contributed by atoms with Gasteiger partial charge in [-0.05, 0) is 24.1 Å². The van der Waals surface area contributed by atoms with Crippen LogP contribution in [-0.4, -0.2) is 37.0 Å². The molecule has 0 atom stereocenters. The number of benzene rings is 1. The smallest absolute Gasteiger partial charge is 0.307 e. The van der Waals surface area contributed by atoms with Crippen LogP contribution in [0.3, 0.4) is 0 Å². The molecule has 0 heterocycles. The molecular weight excluding hydrogens is 358 g/mol. The Bertz CT molecular complexity index is 499. The first-order valence-corrected chi connectivity index (χ1v) is 7.82. The fraction of sp³-hybridized carbons (Fsp3) is 0.467. The van der Waals surface area contributed by atoms with Crippen LogP contribution in [0.2, 0.25) is 5.02 Å². The highest BCUT2D eigenvalue weighted by Gasteiger charge is 2.19. The number of methoxy groups -OCH3 is 1. The van der Waals surface area contributed by atoms with Crippen molar-refractivity contribution < 1.29 is 14.3 Å².